The molecule has 3 amide bonds. The Morgan fingerprint density at radius 1 is 0.881 bits per heavy atom. The van der Waals surface area contributed by atoms with Crippen molar-refractivity contribution in [1.29, 1.82) is 0 Å². The zero-order chi connectivity index (χ0) is 31.4. The van der Waals surface area contributed by atoms with Crippen molar-refractivity contribution in [2.75, 3.05) is 22.6 Å². The number of alkyl halides is 2. The van der Waals surface area contributed by atoms with Gasteiger partial charge in [-0.2, -0.15) is 0 Å². The Morgan fingerprint density at radius 3 is 2.17 bits per heavy atom. The summed E-state index contributed by atoms with van der Waals surface area (Å²) in [5, 5.41) is 7.48. The summed E-state index contributed by atoms with van der Waals surface area (Å²) in [6.45, 7) is 4.72. The van der Waals surface area contributed by atoms with Crippen molar-refractivity contribution >= 4 is 92.8 Å². The van der Waals surface area contributed by atoms with Gasteiger partial charge in [-0.1, -0.05) is 40.9 Å². The summed E-state index contributed by atoms with van der Waals surface area (Å²) in [5.41, 5.74) is -0.846. The first-order valence-electron chi connectivity index (χ1n) is 12.3. The van der Waals surface area contributed by atoms with E-state index in [1.807, 2.05) is 0 Å². The summed E-state index contributed by atoms with van der Waals surface area (Å²) >= 11 is 31.0. The molecule has 1 unspecified atom stereocenters. The maximum absolute atomic E-state index is 15.1. The van der Waals surface area contributed by atoms with E-state index in [4.69, 9.17) is 62.7 Å². The van der Waals surface area contributed by atoms with E-state index in [9.17, 15) is 18.8 Å². The van der Waals surface area contributed by atoms with Crippen molar-refractivity contribution in [2.45, 2.75) is 37.1 Å². The van der Waals surface area contributed by atoms with Gasteiger partial charge in [-0.05, 0) is 68.8 Å². The van der Waals surface area contributed by atoms with E-state index in [0.29, 0.717) is 5.56 Å². The van der Waals surface area contributed by atoms with Crippen LogP contribution >= 0.6 is 58.0 Å². The Bertz CT molecular complexity index is 1520. The van der Waals surface area contributed by atoms with Crippen molar-refractivity contribution in [3.05, 3.63) is 86.4 Å². The first-order valence-corrected chi connectivity index (χ1v) is 14.2. The van der Waals surface area contributed by atoms with Gasteiger partial charge >= 0.3 is 0 Å². The third kappa shape index (κ3) is 8.24. The van der Waals surface area contributed by atoms with Crippen LogP contribution in [0.3, 0.4) is 0 Å². The fourth-order valence-corrected chi connectivity index (χ4v) is 4.82. The summed E-state index contributed by atoms with van der Waals surface area (Å²) in [7, 11) is 0. The lowest BCUT2D eigenvalue weighted by atomic mass is 9.94. The molecule has 42 heavy (non-hydrogen) atoms. The normalized spacial score (nSPS) is 12.8. The standard InChI is InChI=1S/C28H24Cl5F2N3O4/c1-4-42-13(2)25(39)38-24-20(34)9-10-21(23(24)35)37-26(40)16-12-15(6-8-17(16)29)36-27(41)22(28(3,32)33)14-5-7-18(30)19(31)11-14/h5-13,22H,4H2,1-3H3,(H,36,41)(H,37,40)(H,38,39)/t13?,22-/m0/s1. The van der Waals surface area contributed by atoms with Crippen LogP contribution in [0.1, 0.15) is 42.6 Å². The van der Waals surface area contributed by atoms with Crippen LogP contribution < -0.4 is 16.0 Å². The molecule has 3 rings (SSSR count). The van der Waals surface area contributed by atoms with Crippen molar-refractivity contribution in [3.8, 4) is 0 Å². The molecule has 14 heteroatoms. The van der Waals surface area contributed by atoms with E-state index in [0.717, 1.165) is 12.1 Å². The highest BCUT2D eigenvalue weighted by molar-refractivity contribution is 6.50. The van der Waals surface area contributed by atoms with E-state index < -0.39 is 57.1 Å². The van der Waals surface area contributed by atoms with Crippen molar-refractivity contribution in [1.82, 2.24) is 0 Å². The topological polar surface area (TPSA) is 96.5 Å². The lowest BCUT2D eigenvalue weighted by molar-refractivity contribution is -0.126. The van der Waals surface area contributed by atoms with Crippen LogP contribution in [0.2, 0.25) is 15.1 Å². The van der Waals surface area contributed by atoms with Crippen LogP contribution in [-0.4, -0.2) is 34.8 Å². The molecular formula is C28H24Cl5F2N3O4. The quantitative estimate of drug-likeness (QED) is 0.187. The number of benzene rings is 3. The van der Waals surface area contributed by atoms with Crippen molar-refractivity contribution in [2.24, 2.45) is 0 Å². The molecule has 0 aromatic heterocycles. The molecule has 0 aliphatic rings. The molecule has 0 fully saturated rings. The smallest absolute Gasteiger partial charge is 0.257 e. The monoisotopic (exact) mass is 679 g/mol. The average molecular weight is 682 g/mol. The number of carbonyl (C=O) groups excluding carboxylic acids is 3. The zero-order valence-corrected chi connectivity index (χ0v) is 26.0. The molecule has 0 heterocycles. The number of ether oxygens (including phenoxy) is 1. The first-order chi connectivity index (χ1) is 19.6. The van der Waals surface area contributed by atoms with Gasteiger partial charge in [0.15, 0.2) is 5.82 Å². The number of anilines is 3. The zero-order valence-electron chi connectivity index (χ0n) is 22.3. The predicted molar refractivity (Wildman–Crippen MR) is 163 cm³/mol. The van der Waals surface area contributed by atoms with Crippen LogP contribution in [0.15, 0.2) is 48.5 Å². The Morgan fingerprint density at radius 2 is 1.55 bits per heavy atom. The molecule has 0 aliphatic heterocycles. The maximum Gasteiger partial charge on any atom is 0.257 e. The number of halogens is 7. The number of hydrogen-bond donors (Lipinski definition) is 3. The average Bonchev–Trinajstić information content (AvgIpc) is 2.90. The van der Waals surface area contributed by atoms with Crippen molar-refractivity contribution < 1.29 is 27.9 Å². The molecule has 0 aliphatic carbocycles. The number of amides is 3. The van der Waals surface area contributed by atoms with Crippen LogP contribution in [-0.2, 0) is 14.3 Å². The van der Waals surface area contributed by atoms with Crippen LogP contribution in [0, 0.1) is 11.6 Å². The molecule has 3 aromatic carbocycles. The Hall–Kier alpha value is -2.66. The molecule has 0 saturated heterocycles. The minimum atomic E-state index is -1.58. The molecule has 0 bridgehead atoms. The van der Waals surface area contributed by atoms with Gasteiger partial charge < -0.3 is 20.7 Å². The molecule has 0 spiro atoms. The molecule has 0 radical (unpaired) electrons. The van der Waals surface area contributed by atoms with Gasteiger partial charge in [0.25, 0.3) is 11.8 Å². The Kier molecular flexibility index (Phi) is 11.4. The van der Waals surface area contributed by atoms with Gasteiger partial charge in [0.05, 0.1) is 32.2 Å². The molecule has 3 aromatic rings. The van der Waals surface area contributed by atoms with E-state index in [-0.39, 0.29) is 32.9 Å². The summed E-state index contributed by atoms with van der Waals surface area (Å²) < 4.78 is 33.0. The van der Waals surface area contributed by atoms with Crippen molar-refractivity contribution in [3.63, 3.8) is 0 Å². The maximum atomic E-state index is 15.1. The third-order valence-electron chi connectivity index (χ3n) is 5.90. The summed E-state index contributed by atoms with van der Waals surface area (Å²) in [6.07, 6.45) is -0.976. The van der Waals surface area contributed by atoms with Crippen LogP contribution in [0.5, 0.6) is 0 Å². The first kappa shape index (κ1) is 33.8. The van der Waals surface area contributed by atoms with E-state index in [1.165, 1.54) is 44.2 Å². The molecular weight excluding hydrogens is 658 g/mol. The highest BCUT2D eigenvalue weighted by atomic mass is 35.5. The predicted octanol–water partition coefficient (Wildman–Crippen LogP) is 8.46. The second-order valence-corrected chi connectivity index (χ2v) is 12.1. The Balaban J connectivity index is 1.85. The fraction of sp³-hybridized carbons (Fsp3) is 0.250. The SMILES string of the molecule is CCOC(C)C(=O)Nc1c(F)ccc(NC(=O)c2cc(NC(=O)[C@H](c3ccc(Cl)c(Cl)c3)C(C)(Cl)Cl)ccc2Cl)c1F. The minimum Gasteiger partial charge on any atom is -0.369 e. The lowest BCUT2D eigenvalue weighted by Crippen LogP contribution is -2.32. The number of rotatable bonds is 10. The summed E-state index contributed by atoms with van der Waals surface area (Å²) in [6, 6.07) is 10.4. The molecule has 7 nitrogen and oxygen atoms in total. The highest BCUT2D eigenvalue weighted by Gasteiger charge is 2.37. The van der Waals surface area contributed by atoms with E-state index in [1.54, 1.807) is 13.0 Å². The van der Waals surface area contributed by atoms with Crippen LogP contribution in [0.4, 0.5) is 25.8 Å². The number of nitrogens with one attached hydrogen (secondary N) is 3. The summed E-state index contributed by atoms with van der Waals surface area (Å²) in [4.78, 5) is 38.6. The van der Waals surface area contributed by atoms with Gasteiger partial charge in [-0.25, -0.2) is 8.78 Å². The largest absolute Gasteiger partial charge is 0.369 e. The van der Waals surface area contributed by atoms with Gasteiger partial charge in [-0.3, -0.25) is 14.4 Å². The van der Waals surface area contributed by atoms with Gasteiger partial charge in [0.1, 0.15) is 21.9 Å². The highest BCUT2D eigenvalue weighted by Crippen LogP contribution is 2.40. The van der Waals surface area contributed by atoms with Gasteiger partial charge in [-0.15, -0.1) is 23.2 Å². The second-order valence-electron chi connectivity index (χ2n) is 9.07. The second kappa shape index (κ2) is 14.2. The molecule has 224 valence electrons. The molecule has 3 N–H and O–H groups in total. The van der Waals surface area contributed by atoms with E-state index in [2.05, 4.69) is 16.0 Å². The Labute approximate surface area is 265 Å². The molecule has 2 atom stereocenters. The minimum absolute atomic E-state index is 0.0346. The molecule has 0 saturated carbocycles. The number of hydrogen-bond acceptors (Lipinski definition) is 4. The number of carbonyl (C=O) groups is 3. The lowest BCUT2D eigenvalue weighted by Gasteiger charge is -2.26. The van der Waals surface area contributed by atoms with E-state index >= 15 is 4.39 Å². The summed E-state index contributed by atoms with van der Waals surface area (Å²) in [5.74, 6) is -5.71. The third-order valence-corrected chi connectivity index (χ3v) is 7.40. The fourth-order valence-electron chi connectivity index (χ4n) is 3.86. The van der Waals surface area contributed by atoms with Gasteiger partial charge in [0.2, 0.25) is 5.91 Å². The van der Waals surface area contributed by atoms with Gasteiger partial charge in [0, 0.05) is 12.3 Å². The van der Waals surface area contributed by atoms with Crippen LogP contribution in [0.25, 0.3) is 0 Å².